The Morgan fingerprint density at radius 2 is 2.40 bits per heavy atom. The molecule has 0 spiro atoms. The van der Waals surface area contributed by atoms with Gasteiger partial charge >= 0.3 is 0 Å². The maximum atomic E-state index is 4.62. The molecule has 15 heavy (non-hydrogen) atoms. The Labute approximate surface area is 102 Å². The molecule has 4 heteroatoms. The van der Waals surface area contributed by atoms with Crippen LogP contribution in [0.2, 0.25) is 0 Å². The maximum absolute atomic E-state index is 4.62. The van der Waals surface area contributed by atoms with Crippen molar-refractivity contribution in [2.45, 2.75) is 38.6 Å². The second kappa shape index (κ2) is 6.69. The molecule has 1 saturated heterocycles. The van der Waals surface area contributed by atoms with Crippen molar-refractivity contribution in [3.63, 3.8) is 0 Å². The Kier molecular flexibility index (Phi) is 5.90. The molecule has 1 rings (SSSR count). The van der Waals surface area contributed by atoms with Crippen LogP contribution in [0.25, 0.3) is 0 Å². The van der Waals surface area contributed by atoms with Crippen molar-refractivity contribution >= 4 is 28.7 Å². The summed E-state index contributed by atoms with van der Waals surface area (Å²) in [6.45, 7) is 5.51. The lowest BCUT2D eigenvalue weighted by Gasteiger charge is -2.35. The van der Waals surface area contributed by atoms with Crippen LogP contribution in [0.1, 0.15) is 33.1 Å². The van der Waals surface area contributed by atoms with Crippen LogP contribution in [0, 0.1) is 0 Å². The van der Waals surface area contributed by atoms with Gasteiger partial charge in [0.15, 0.2) is 5.17 Å². The van der Waals surface area contributed by atoms with E-state index in [-0.39, 0.29) is 5.54 Å². The number of nitrogens with zero attached hydrogens (tertiary/aromatic N) is 1. The largest absolute Gasteiger partial charge is 0.360 e. The number of rotatable bonds is 5. The highest BCUT2D eigenvalue weighted by Crippen LogP contribution is 2.24. The van der Waals surface area contributed by atoms with Crippen LogP contribution >= 0.6 is 23.5 Å². The number of aliphatic imine (C=N–C) groups is 1. The fourth-order valence-corrected chi connectivity index (χ4v) is 3.13. The number of amidine groups is 1. The van der Waals surface area contributed by atoms with Crippen LogP contribution in [-0.2, 0) is 0 Å². The Morgan fingerprint density at radius 3 is 3.07 bits per heavy atom. The zero-order valence-electron chi connectivity index (χ0n) is 10.0. The van der Waals surface area contributed by atoms with Crippen molar-refractivity contribution < 1.29 is 0 Å². The molecule has 1 aliphatic heterocycles. The summed E-state index contributed by atoms with van der Waals surface area (Å²) in [7, 11) is 0. The summed E-state index contributed by atoms with van der Waals surface area (Å²) in [4.78, 5) is 4.62. The van der Waals surface area contributed by atoms with Gasteiger partial charge in [-0.15, -0.1) is 0 Å². The standard InChI is InChI=1S/C11H22N2S2/c1-4-11(2)6-9-15-10(13-11)12-7-5-8-14-3/h4-9H2,1-3H3,(H,12,13). The van der Waals surface area contributed by atoms with Gasteiger partial charge in [0.05, 0.1) is 0 Å². The summed E-state index contributed by atoms with van der Waals surface area (Å²) in [5.74, 6) is 2.42. The molecule has 1 fully saturated rings. The van der Waals surface area contributed by atoms with Crippen molar-refractivity contribution in [1.29, 1.82) is 0 Å². The Bertz CT molecular complexity index is 219. The summed E-state index contributed by atoms with van der Waals surface area (Å²) in [5, 5.41) is 4.72. The third-order valence-corrected chi connectivity index (χ3v) is 4.45. The molecule has 1 N–H and O–H groups in total. The van der Waals surface area contributed by atoms with E-state index >= 15 is 0 Å². The molecule has 2 nitrogen and oxygen atoms in total. The molecule has 0 aliphatic carbocycles. The minimum atomic E-state index is 0.281. The fourth-order valence-electron chi connectivity index (χ4n) is 1.47. The van der Waals surface area contributed by atoms with Gasteiger partial charge in [0.2, 0.25) is 0 Å². The van der Waals surface area contributed by atoms with Crippen LogP contribution < -0.4 is 5.32 Å². The molecule has 0 saturated carbocycles. The first-order valence-electron chi connectivity index (χ1n) is 5.64. The highest BCUT2D eigenvalue weighted by molar-refractivity contribution is 8.13. The van der Waals surface area contributed by atoms with Gasteiger partial charge in [-0.3, -0.25) is 4.99 Å². The normalized spacial score (nSPS) is 29.1. The third kappa shape index (κ3) is 4.68. The molecular weight excluding hydrogens is 224 g/mol. The minimum Gasteiger partial charge on any atom is -0.360 e. The summed E-state index contributed by atoms with van der Waals surface area (Å²) < 4.78 is 0. The van der Waals surface area contributed by atoms with Gasteiger partial charge in [0.1, 0.15) is 0 Å². The molecule has 1 aliphatic rings. The minimum absolute atomic E-state index is 0.281. The van der Waals surface area contributed by atoms with E-state index in [1.165, 1.54) is 30.8 Å². The van der Waals surface area contributed by atoms with E-state index in [0.717, 1.165) is 11.7 Å². The Morgan fingerprint density at radius 1 is 1.60 bits per heavy atom. The van der Waals surface area contributed by atoms with Gasteiger partial charge in [-0.05, 0) is 38.2 Å². The van der Waals surface area contributed by atoms with E-state index in [0.29, 0.717) is 0 Å². The van der Waals surface area contributed by atoms with E-state index in [9.17, 15) is 0 Å². The molecule has 0 amide bonds. The van der Waals surface area contributed by atoms with Gasteiger partial charge in [-0.2, -0.15) is 11.8 Å². The number of thioether (sulfide) groups is 2. The lowest BCUT2D eigenvalue weighted by molar-refractivity contribution is 0.390. The second-order valence-electron chi connectivity index (χ2n) is 4.17. The first-order valence-corrected chi connectivity index (χ1v) is 8.02. The van der Waals surface area contributed by atoms with Crippen molar-refractivity contribution in [2.24, 2.45) is 4.99 Å². The second-order valence-corrected chi connectivity index (χ2v) is 6.24. The highest BCUT2D eigenvalue weighted by Gasteiger charge is 2.27. The molecule has 0 aromatic heterocycles. The van der Waals surface area contributed by atoms with Crippen molar-refractivity contribution in [1.82, 2.24) is 5.32 Å². The monoisotopic (exact) mass is 246 g/mol. The SMILES string of the molecule is CCC1(C)CCSC(=NCCCSC)N1. The van der Waals surface area contributed by atoms with Crippen molar-refractivity contribution in [3.05, 3.63) is 0 Å². The molecule has 0 bridgehead atoms. The van der Waals surface area contributed by atoms with Crippen LogP contribution in [0.3, 0.4) is 0 Å². The van der Waals surface area contributed by atoms with Gasteiger partial charge in [0.25, 0.3) is 0 Å². The summed E-state index contributed by atoms with van der Waals surface area (Å²) in [5.41, 5.74) is 0.281. The van der Waals surface area contributed by atoms with E-state index in [2.05, 4.69) is 30.4 Å². The average molecular weight is 246 g/mol. The molecule has 88 valence electrons. The topological polar surface area (TPSA) is 24.4 Å². The average Bonchev–Trinajstić information content (AvgIpc) is 2.25. The van der Waals surface area contributed by atoms with Crippen LogP contribution in [0.5, 0.6) is 0 Å². The zero-order valence-corrected chi connectivity index (χ0v) is 11.6. The van der Waals surface area contributed by atoms with E-state index in [1.807, 2.05) is 23.5 Å². The van der Waals surface area contributed by atoms with E-state index < -0.39 is 0 Å². The van der Waals surface area contributed by atoms with Gasteiger partial charge in [-0.25, -0.2) is 0 Å². The Hall–Kier alpha value is 0.170. The van der Waals surface area contributed by atoms with Crippen LogP contribution in [0.15, 0.2) is 4.99 Å². The quantitative estimate of drug-likeness (QED) is 0.755. The lowest BCUT2D eigenvalue weighted by atomic mass is 9.96. The molecule has 1 unspecified atom stereocenters. The third-order valence-electron chi connectivity index (χ3n) is 2.84. The van der Waals surface area contributed by atoms with Gasteiger partial charge < -0.3 is 5.32 Å². The van der Waals surface area contributed by atoms with Crippen molar-refractivity contribution in [3.8, 4) is 0 Å². The first kappa shape index (κ1) is 13.2. The lowest BCUT2D eigenvalue weighted by Crippen LogP contribution is -2.48. The predicted molar refractivity (Wildman–Crippen MR) is 74.2 cm³/mol. The Balaban J connectivity index is 2.35. The molecule has 1 atom stereocenters. The molecule has 0 aromatic rings. The molecule has 0 radical (unpaired) electrons. The smallest absolute Gasteiger partial charge is 0.156 e. The van der Waals surface area contributed by atoms with E-state index in [1.54, 1.807) is 0 Å². The maximum Gasteiger partial charge on any atom is 0.156 e. The zero-order chi connectivity index (χ0) is 11.1. The molecular formula is C11H22N2S2. The number of hydrogen-bond donors (Lipinski definition) is 1. The van der Waals surface area contributed by atoms with Crippen molar-refractivity contribution in [2.75, 3.05) is 24.3 Å². The predicted octanol–water partition coefficient (Wildman–Crippen LogP) is 2.99. The number of hydrogen-bond acceptors (Lipinski definition) is 3. The first-order chi connectivity index (χ1) is 7.20. The summed E-state index contributed by atoms with van der Waals surface area (Å²) >= 11 is 3.77. The highest BCUT2D eigenvalue weighted by atomic mass is 32.2. The fraction of sp³-hybridized carbons (Fsp3) is 0.909. The van der Waals surface area contributed by atoms with Crippen LogP contribution in [0.4, 0.5) is 0 Å². The van der Waals surface area contributed by atoms with Gasteiger partial charge in [-0.1, -0.05) is 18.7 Å². The summed E-state index contributed by atoms with van der Waals surface area (Å²) in [6.07, 6.45) is 5.76. The number of nitrogens with one attached hydrogen (secondary N) is 1. The molecule has 1 heterocycles. The molecule has 0 aromatic carbocycles. The van der Waals surface area contributed by atoms with Crippen LogP contribution in [-0.4, -0.2) is 35.0 Å². The van der Waals surface area contributed by atoms with Gasteiger partial charge in [0, 0.05) is 17.8 Å². The summed E-state index contributed by atoms with van der Waals surface area (Å²) in [6, 6.07) is 0. The van der Waals surface area contributed by atoms with E-state index in [4.69, 9.17) is 0 Å².